The predicted octanol–water partition coefficient (Wildman–Crippen LogP) is 1.16. The molecule has 0 radical (unpaired) electrons. The Morgan fingerprint density at radius 3 is 2.71 bits per heavy atom. The third-order valence-electron chi connectivity index (χ3n) is 1.89. The molecule has 1 aromatic heterocycles. The maximum atomic E-state index is 12.7. The summed E-state index contributed by atoms with van der Waals surface area (Å²) in [7, 11) is 0. The number of aromatic nitrogens is 1. The first-order valence-electron chi connectivity index (χ1n) is 4.10. The average molecular weight is 220 g/mol. The van der Waals surface area contributed by atoms with Gasteiger partial charge in [0, 0.05) is 0 Å². The summed E-state index contributed by atoms with van der Waals surface area (Å²) in [5.74, 6) is -0.571. The lowest BCUT2D eigenvalue weighted by molar-refractivity contribution is 0.0295. The molecule has 0 fully saturated rings. The Labute approximate surface area is 86.2 Å². The van der Waals surface area contributed by atoms with E-state index in [1.807, 2.05) is 0 Å². The van der Waals surface area contributed by atoms with E-state index in [1.165, 1.54) is 6.07 Å². The van der Waals surface area contributed by atoms with Gasteiger partial charge < -0.3 is 10.2 Å². The van der Waals surface area contributed by atoms with Crippen LogP contribution in [0.25, 0.3) is 0 Å². The van der Waals surface area contributed by atoms with E-state index in [9.17, 15) is 14.6 Å². The van der Waals surface area contributed by atoms with Gasteiger partial charge in [-0.2, -0.15) is 0 Å². The van der Waals surface area contributed by atoms with Crippen LogP contribution < -0.4 is 0 Å². The van der Waals surface area contributed by atoms with E-state index in [1.54, 1.807) is 6.92 Å². The fourth-order valence-corrected chi connectivity index (χ4v) is 1.30. The van der Waals surface area contributed by atoms with Crippen LogP contribution in [0.15, 0.2) is 12.3 Å². The molecule has 0 aromatic carbocycles. The van der Waals surface area contributed by atoms with Gasteiger partial charge in [0.15, 0.2) is 0 Å². The van der Waals surface area contributed by atoms with Gasteiger partial charge in [-0.3, -0.25) is 4.98 Å². The maximum Gasteiger partial charge on any atom is 0.141 e. The monoisotopic (exact) mass is 219 g/mol. The first-order valence-corrected chi connectivity index (χ1v) is 4.64. The standard InChI is InChI=1S/C9H11ClFNO2/c1-5-2-6(11)4-12-8(5)9(14)7(13)3-10/h2,4,7,9,13-14H,3H2,1H3. The summed E-state index contributed by atoms with van der Waals surface area (Å²) in [6.07, 6.45) is -1.27. The van der Waals surface area contributed by atoms with Gasteiger partial charge in [-0.1, -0.05) is 0 Å². The van der Waals surface area contributed by atoms with Crippen LogP contribution in [0.2, 0.25) is 0 Å². The SMILES string of the molecule is Cc1cc(F)cnc1C(O)C(O)CCl. The first-order chi connectivity index (χ1) is 6.56. The Kier molecular flexibility index (Phi) is 3.80. The molecule has 14 heavy (non-hydrogen) atoms. The molecule has 2 atom stereocenters. The largest absolute Gasteiger partial charge is 0.389 e. The van der Waals surface area contributed by atoms with E-state index < -0.39 is 18.0 Å². The molecule has 1 aromatic rings. The summed E-state index contributed by atoms with van der Waals surface area (Å²) in [5, 5.41) is 18.8. The van der Waals surface area contributed by atoms with E-state index in [0.717, 1.165) is 6.20 Å². The lowest BCUT2D eigenvalue weighted by Crippen LogP contribution is -2.21. The zero-order valence-corrected chi connectivity index (χ0v) is 8.37. The second-order valence-electron chi connectivity index (χ2n) is 3.02. The lowest BCUT2D eigenvalue weighted by Gasteiger charge is -2.16. The minimum Gasteiger partial charge on any atom is -0.389 e. The molecular formula is C9H11ClFNO2. The quantitative estimate of drug-likeness (QED) is 0.751. The van der Waals surface area contributed by atoms with Crippen LogP contribution in [0.5, 0.6) is 0 Å². The smallest absolute Gasteiger partial charge is 0.141 e. The average Bonchev–Trinajstić information content (AvgIpc) is 2.15. The van der Waals surface area contributed by atoms with Gasteiger partial charge in [0.05, 0.1) is 23.9 Å². The molecule has 0 amide bonds. The maximum absolute atomic E-state index is 12.7. The summed E-state index contributed by atoms with van der Waals surface area (Å²) < 4.78 is 12.7. The van der Waals surface area contributed by atoms with E-state index >= 15 is 0 Å². The van der Waals surface area contributed by atoms with Gasteiger partial charge in [0.25, 0.3) is 0 Å². The molecule has 0 aliphatic heterocycles. The van der Waals surface area contributed by atoms with Gasteiger partial charge in [0.1, 0.15) is 11.9 Å². The molecule has 0 saturated heterocycles. The Morgan fingerprint density at radius 2 is 2.21 bits per heavy atom. The Hall–Kier alpha value is -0.710. The number of rotatable bonds is 3. The van der Waals surface area contributed by atoms with Crippen LogP contribution in [0.4, 0.5) is 4.39 Å². The third-order valence-corrected chi connectivity index (χ3v) is 2.20. The van der Waals surface area contributed by atoms with Crippen molar-refractivity contribution in [3.05, 3.63) is 29.3 Å². The number of halogens is 2. The molecule has 1 rings (SSSR count). The second kappa shape index (κ2) is 4.68. The number of aliphatic hydroxyl groups is 2. The van der Waals surface area contributed by atoms with Crippen molar-refractivity contribution >= 4 is 11.6 Å². The molecule has 78 valence electrons. The van der Waals surface area contributed by atoms with E-state index in [2.05, 4.69) is 4.98 Å². The summed E-state index contributed by atoms with van der Waals surface area (Å²) in [5.41, 5.74) is 0.737. The number of pyridine rings is 1. The van der Waals surface area contributed by atoms with Gasteiger partial charge in [-0.25, -0.2) is 4.39 Å². The number of nitrogens with zero attached hydrogens (tertiary/aromatic N) is 1. The van der Waals surface area contributed by atoms with Gasteiger partial charge in [0.2, 0.25) is 0 Å². The molecule has 2 N–H and O–H groups in total. The number of alkyl halides is 1. The van der Waals surface area contributed by atoms with Crippen LogP contribution >= 0.6 is 11.6 Å². The number of aliphatic hydroxyl groups excluding tert-OH is 2. The van der Waals surface area contributed by atoms with Crippen molar-refractivity contribution in [2.45, 2.75) is 19.1 Å². The van der Waals surface area contributed by atoms with E-state index in [4.69, 9.17) is 11.6 Å². The van der Waals surface area contributed by atoms with Crippen LogP contribution in [-0.2, 0) is 0 Å². The zero-order chi connectivity index (χ0) is 10.7. The fraction of sp³-hybridized carbons (Fsp3) is 0.444. The highest BCUT2D eigenvalue weighted by atomic mass is 35.5. The first kappa shape index (κ1) is 11.4. The van der Waals surface area contributed by atoms with Crippen molar-refractivity contribution in [1.29, 1.82) is 0 Å². The Morgan fingerprint density at radius 1 is 1.57 bits per heavy atom. The summed E-state index contributed by atoms with van der Waals surface area (Å²) in [6.45, 7) is 1.61. The van der Waals surface area contributed by atoms with Crippen molar-refractivity contribution in [2.24, 2.45) is 0 Å². The van der Waals surface area contributed by atoms with Crippen LogP contribution in [-0.4, -0.2) is 27.2 Å². The summed E-state index contributed by atoms with van der Waals surface area (Å²) in [6, 6.07) is 1.24. The predicted molar refractivity (Wildman–Crippen MR) is 50.6 cm³/mol. The molecule has 0 aliphatic rings. The summed E-state index contributed by atoms with van der Waals surface area (Å²) in [4.78, 5) is 3.70. The fourth-order valence-electron chi connectivity index (χ4n) is 1.13. The van der Waals surface area contributed by atoms with Gasteiger partial charge >= 0.3 is 0 Å². The molecule has 1 heterocycles. The van der Waals surface area contributed by atoms with Gasteiger partial charge in [-0.05, 0) is 18.6 Å². The lowest BCUT2D eigenvalue weighted by atomic mass is 10.1. The van der Waals surface area contributed by atoms with Crippen molar-refractivity contribution in [3.63, 3.8) is 0 Å². The molecule has 0 aliphatic carbocycles. The minimum absolute atomic E-state index is 0.0976. The van der Waals surface area contributed by atoms with Gasteiger partial charge in [-0.15, -0.1) is 11.6 Å². The highest BCUT2D eigenvalue weighted by Crippen LogP contribution is 2.19. The minimum atomic E-state index is -1.17. The van der Waals surface area contributed by atoms with Crippen molar-refractivity contribution < 1.29 is 14.6 Å². The molecule has 0 bridgehead atoms. The van der Waals surface area contributed by atoms with Crippen LogP contribution in [0.1, 0.15) is 17.4 Å². The van der Waals surface area contributed by atoms with Crippen LogP contribution in [0.3, 0.4) is 0 Å². The Bertz CT molecular complexity index is 322. The normalized spacial score (nSPS) is 15.2. The van der Waals surface area contributed by atoms with E-state index in [-0.39, 0.29) is 11.6 Å². The highest BCUT2D eigenvalue weighted by Gasteiger charge is 2.20. The molecule has 2 unspecified atom stereocenters. The highest BCUT2D eigenvalue weighted by molar-refractivity contribution is 6.18. The Balaban J connectivity index is 2.95. The topological polar surface area (TPSA) is 53.4 Å². The van der Waals surface area contributed by atoms with Crippen molar-refractivity contribution in [1.82, 2.24) is 4.98 Å². The number of hydrogen-bond acceptors (Lipinski definition) is 3. The zero-order valence-electron chi connectivity index (χ0n) is 7.61. The van der Waals surface area contributed by atoms with Crippen molar-refractivity contribution in [3.8, 4) is 0 Å². The number of hydrogen-bond donors (Lipinski definition) is 2. The molecule has 3 nitrogen and oxygen atoms in total. The van der Waals surface area contributed by atoms with E-state index in [0.29, 0.717) is 5.56 Å². The molecule has 0 spiro atoms. The van der Waals surface area contributed by atoms with Crippen LogP contribution in [0, 0.1) is 12.7 Å². The number of aryl methyl sites for hydroxylation is 1. The van der Waals surface area contributed by atoms with Crippen molar-refractivity contribution in [2.75, 3.05) is 5.88 Å². The second-order valence-corrected chi connectivity index (χ2v) is 3.33. The molecule has 5 heteroatoms. The summed E-state index contributed by atoms with van der Waals surface area (Å²) >= 11 is 5.37. The third kappa shape index (κ3) is 2.41. The molecular weight excluding hydrogens is 209 g/mol. The molecule has 0 saturated carbocycles.